The number of nitrogens with zero attached hydrogens (tertiary/aromatic N) is 2. The molecule has 2 fully saturated rings. The lowest BCUT2D eigenvalue weighted by molar-refractivity contribution is -0.163. The van der Waals surface area contributed by atoms with Gasteiger partial charge in [-0.15, -0.1) is 0 Å². The molecule has 1 unspecified atom stereocenters. The summed E-state index contributed by atoms with van der Waals surface area (Å²) in [4.78, 5) is 17.0. The highest BCUT2D eigenvalue weighted by atomic mass is 32.1. The van der Waals surface area contributed by atoms with E-state index < -0.39 is 5.60 Å². The van der Waals surface area contributed by atoms with Crippen LogP contribution in [0.25, 0.3) is 0 Å². The number of rotatable bonds is 8. The van der Waals surface area contributed by atoms with Crippen molar-refractivity contribution in [3.05, 3.63) is 0 Å². The summed E-state index contributed by atoms with van der Waals surface area (Å²) in [7, 11) is 3.81. The third kappa shape index (κ3) is 8.36. The van der Waals surface area contributed by atoms with Crippen molar-refractivity contribution in [3.63, 3.8) is 0 Å². The van der Waals surface area contributed by atoms with Crippen molar-refractivity contribution in [2.75, 3.05) is 40.5 Å². The van der Waals surface area contributed by atoms with E-state index in [0.717, 1.165) is 37.3 Å². The molecule has 2 saturated heterocycles. The lowest BCUT2D eigenvalue weighted by Crippen LogP contribution is -2.46. The van der Waals surface area contributed by atoms with Crippen molar-refractivity contribution in [1.82, 2.24) is 9.80 Å². The molecule has 2 aliphatic rings. The number of unbranched alkanes of at least 4 members (excludes halogenated alkanes) is 1. The van der Waals surface area contributed by atoms with Crippen LogP contribution in [-0.2, 0) is 18.9 Å². The van der Waals surface area contributed by atoms with Gasteiger partial charge in [0.15, 0.2) is 6.29 Å². The molecule has 1 amide bonds. The summed E-state index contributed by atoms with van der Waals surface area (Å²) in [5.41, 5.74) is -0.539. The molecular formula is C21H38N2O5S. The van der Waals surface area contributed by atoms with E-state index in [0.29, 0.717) is 26.2 Å². The Labute approximate surface area is 181 Å². The van der Waals surface area contributed by atoms with Gasteiger partial charge >= 0.3 is 6.09 Å². The molecule has 3 atom stereocenters. The first-order chi connectivity index (χ1) is 13.7. The Morgan fingerprint density at radius 3 is 2.45 bits per heavy atom. The van der Waals surface area contributed by atoms with Gasteiger partial charge in [0.2, 0.25) is 0 Å². The lowest BCUT2D eigenvalue weighted by atomic mass is 10.2. The summed E-state index contributed by atoms with van der Waals surface area (Å²) < 4.78 is 22.9. The van der Waals surface area contributed by atoms with Crippen LogP contribution in [-0.4, -0.2) is 85.4 Å². The van der Waals surface area contributed by atoms with Gasteiger partial charge < -0.3 is 23.8 Å². The molecule has 0 spiro atoms. The van der Waals surface area contributed by atoms with Gasteiger partial charge in [-0.3, -0.25) is 4.90 Å². The number of amides is 1. The Kier molecular flexibility index (Phi) is 9.59. The topological polar surface area (TPSA) is 60.5 Å². The molecule has 0 saturated carbocycles. The van der Waals surface area contributed by atoms with Gasteiger partial charge in [0.05, 0.1) is 18.7 Å². The lowest BCUT2D eigenvalue weighted by Gasteiger charge is -2.30. The maximum absolute atomic E-state index is 12.7. The molecule has 0 radical (unpaired) electrons. The molecule has 0 bridgehead atoms. The fraction of sp³-hybridized carbons (Fsp3) is 0.905. The van der Waals surface area contributed by atoms with Crippen LogP contribution in [0.5, 0.6) is 0 Å². The van der Waals surface area contributed by atoms with E-state index in [1.165, 1.54) is 6.42 Å². The van der Waals surface area contributed by atoms with Gasteiger partial charge in [-0.25, -0.2) is 4.79 Å². The largest absolute Gasteiger partial charge is 0.444 e. The average Bonchev–Trinajstić information content (AvgIpc) is 3.07. The first-order valence-corrected chi connectivity index (χ1v) is 11.1. The summed E-state index contributed by atoms with van der Waals surface area (Å²) in [5, 5.41) is 0. The van der Waals surface area contributed by atoms with E-state index >= 15 is 0 Å². The van der Waals surface area contributed by atoms with E-state index in [2.05, 4.69) is 0 Å². The second-order valence-corrected chi connectivity index (χ2v) is 9.40. The summed E-state index contributed by atoms with van der Waals surface area (Å²) >= 11 is 5.55. The van der Waals surface area contributed by atoms with E-state index in [1.54, 1.807) is 4.90 Å². The molecule has 0 N–H and O–H groups in total. The molecule has 0 aromatic rings. The zero-order chi connectivity index (χ0) is 21.4. The second kappa shape index (κ2) is 11.4. The number of likely N-dealkylation sites (N-methyl/N-ethyl adjacent to an activating group) is 1. The van der Waals surface area contributed by atoms with Crippen LogP contribution < -0.4 is 0 Å². The Morgan fingerprint density at radius 1 is 1.17 bits per heavy atom. The van der Waals surface area contributed by atoms with E-state index in [4.69, 9.17) is 31.2 Å². The first-order valence-electron chi connectivity index (χ1n) is 10.7. The van der Waals surface area contributed by atoms with Crippen molar-refractivity contribution in [2.24, 2.45) is 0 Å². The maximum atomic E-state index is 12.7. The number of thiocarbonyl (C=S) groups is 1. The van der Waals surface area contributed by atoms with Gasteiger partial charge in [-0.05, 0) is 52.9 Å². The average molecular weight is 431 g/mol. The number of carbonyl (C=O) groups is 1. The molecule has 168 valence electrons. The van der Waals surface area contributed by atoms with Gasteiger partial charge in [0, 0.05) is 40.3 Å². The third-order valence-corrected chi connectivity index (χ3v) is 5.59. The fourth-order valence-electron chi connectivity index (χ4n) is 3.48. The van der Waals surface area contributed by atoms with E-state index in [-0.39, 0.29) is 24.5 Å². The predicted octanol–water partition coefficient (Wildman–Crippen LogP) is 3.59. The van der Waals surface area contributed by atoms with Crippen LogP contribution in [0.4, 0.5) is 4.79 Å². The summed E-state index contributed by atoms with van der Waals surface area (Å²) in [5.74, 6) is 0. The molecule has 2 rings (SSSR count). The SMILES string of the molecule is CN(C)C(=S)[C@@H]1C[C@@H](OCCCCOC2CCCCO2)CN1C(=O)OC(C)(C)C. The van der Waals surface area contributed by atoms with Crippen LogP contribution in [0.2, 0.25) is 0 Å². The molecular weight excluding hydrogens is 392 g/mol. The number of ether oxygens (including phenoxy) is 4. The van der Waals surface area contributed by atoms with E-state index in [9.17, 15) is 4.79 Å². The van der Waals surface area contributed by atoms with E-state index in [1.807, 2.05) is 39.8 Å². The molecule has 0 aliphatic carbocycles. The number of likely N-dealkylation sites (tertiary alicyclic amines) is 1. The Hall–Kier alpha value is -0.960. The molecule has 29 heavy (non-hydrogen) atoms. The van der Waals surface area contributed by atoms with Crippen molar-refractivity contribution in [3.8, 4) is 0 Å². The smallest absolute Gasteiger partial charge is 0.410 e. The second-order valence-electron chi connectivity index (χ2n) is 8.98. The molecule has 7 nitrogen and oxygen atoms in total. The Balaban J connectivity index is 1.74. The first kappa shape index (κ1) is 24.3. The van der Waals surface area contributed by atoms with Gasteiger partial charge in [-0.2, -0.15) is 0 Å². The van der Waals surface area contributed by atoms with Crippen molar-refractivity contribution in [1.29, 1.82) is 0 Å². The van der Waals surface area contributed by atoms with Gasteiger partial charge in [0.1, 0.15) is 10.6 Å². The highest BCUT2D eigenvalue weighted by molar-refractivity contribution is 7.80. The minimum absolute atomic E-state index is 0.0327. The molecule has 2 heterocycles. The van der Waals surface area contributed by atoms with Gasteiger partial charge in [0.25, 0.3) is 0 Å². The minimum atomic E-state index is -0.539. The summed E-state index contributed by atoms with van der Waals surface area (Å²) in [6.45, 7) is 8.25. The minimum Gasteiger partial charge on any atom is -0.444 e. The van der Waals surface area contributed by atoms with Crippen LogP contribution in [0.15, 0.2) is 0 Å². The Bertz CT molecular complexity index is 532. The standard InChI is InChI=1S/C21H38N2O5S/c1-21(2,3)28-20(24)23-15-16(14-17(23)19(29)22(4)5)25-11-8-9-13-27-18-10-6-7-12-26-18/h16-18H,6-15H2,1-5H3/t16-,17+,18?/m1/s1. The molecule has 2 aliphatic heterocycles. The maximum Gasteiger partial charge on any atom is 0.410 e. The summed E-state index contributed by atoms with van der Waals surface area (Å²) in [6.07, 6.45) is 5.45. The molecule has 0 aromatic heterocycles. The monoisotopic (exact) mass is 430 g/mol. The highest BCUT2D eigenvalue weighted by Crippen LogP contribution is 2.25. The molecule has 8 heteroatoms. The number of carbonyl (C=O) groups excluding carboxylic acids is 1. The van der Waals surface area contributed by atoms with Crippen molar-refractivity contribution < 1.29 is 23.7 Å². The van der Waals surface area contributed by atoms with Crippen LogP contribution in [0.3, 0.4) is 0 Å². The number of hydrogen-bond donors (Lipinski definition) is 0. The third-order valence-electron chi connectivity index (χ3n) is 4.95. The fourth-order valence-corrected chi connectivity index (χ4v) is 3.71. The molecule has 0 aromatic carbocycles. The van der Waals surface area contributed by atoms with Crippen molar-refractivity contribution >= 4 is 23.3 Å². The van der Waals surface area contributed by atoms with Crippen LogP contribution in [0, 0.1) is 0 Å². The number of hydrogen-bond acceptors (Lipinski definition) is 6. The zero-order valence-corrected chi connectivity index (χ0v) is 19.5. The highest BCUT2D eigenvalue weighted by Gasteiger charge is 2.40. The quantitative estimate of drug-likeness (QED) is 0.431. The van der Waals surface area contributed by atoms with Crippen LogP contribution >= 0.6 is 12.2 Å². The van der Waals surface area contributed by atoms with Crippen molar-refractivity contribution in [2.45, 2.75) is 83.3 Å². The predicted molar refractivity (Wildman–Crippen MR) is 116 cm³/mol. The van der Waals surface area contributed by atoms with Gasteiger partial charge in [-0.1, -0.05) is 12.2 Å². The van der Waals surface area contributed by atoms with Crippen LogP contribution in [0.1, 0.15) is 59.3 Å². The summed E-state index contributed by atoms with van der Waals surface area (Å²) in [6, 6.07) is -0.174. The normalized spacial score (nSPS) is 25.1. The zero-order valence-electron chi connectivity index (χ0n) is 18.6. The Morgan fingerprint density at radius 2 is 1.86 bits per heavy atom.